The SMILES string of the molecule is Cc1c(-c2ccccc2)nc2ccccc2c1C(=O)N1CC[NH+](Cc2ccccc2)CC1. The quantitative estimate of drug-likeness (QED) is 0.544. The number of amides is 1. The van der Waals surface area contributed by atoms with Crippen LogP contribution in [0.1, 0.15) is 21.5 Å². The maximum Gasteiger partial charge on any atom is 0.255 e. The van der Waals surface area contributed by atoms with Crippen LogP contribution in [0, 0.1) is 6.92 Å². The lowest BCUT2D eigenvalue weighted by atomic mass is 9.96. The lowest BCUT2D eigenvalue weighted by Gasteiger charge is -2.33. The van der Waals surface area contributed by atoms with Gasteiger partial charge in [0.1, 0.15) is 6.54 Å². The zero-order chi connectivity index (χ0) is 21.9. The van der Waals surface area contributed by atoms with Crippen molar-refractivity contribution in [3.63, 3.8) is 0 Å². The van der Waals surface area contributed by atoms with Gasteiger partial charge in [0.15, 0.2) is 0 Å². The van der Waals surface area contributed by atoms with Gasteiger partial charge in [-0.15, -0.1) is 0 Å². The summed E-state index contributed by atoms with van der Waals surface area (Å²) in [7, 11) is 0. The van der Waals surface area contributed by atoms with Gasteiger partial charge in [0.25, 0.3) is 5.91 Å². The van der Waals surface area contributed by atoms with Crippen molar-refractivity contribution in [1.82, 2.24) is 9.88 Å². The number of aromatic nitrogens is 1. The van der Waals surface area contributed by atoms with Crippen LogP contribution in [-0.2, 0) is 6.54 Å². The van der Waals surface area contributed by atoms with Crippen molar-refractivity contribution in [2.24, 2.45) is 0 Å². The van der Waals surface area contributed by atoms with Gasteiger partial charge in [-0.3, -0.25) is 4.79 Å². The summed E-state index contributed by atoms with van der Waals surface area (Å²) in [5.41, 5.74) is 5.90. The van der Waals surface area contributed by atoms with E-state index >= 15 is 0 Å². The zero-order valence-corrected chi connectivity index (χ0v) is 18.4. The number of nitrogens with zero attached hydrogens (tertiary/aromatic N) is 2. The zero-order valence-electron chi connectivity index (χ0n) is 18.4. The van der Waals surface area contributed by atoms with E-state index in [4.69, 9.17) is 4.98 Å². The molecule has 32 heavy (non-hydrogen) atoms. The Morgan fingerprint density at radius 2 is 1.50 bits per heavy atom. The Kier molecular flexibility index (Phi) is 5.70. The highest BCUT2D eigenvalue weighted by molar-refractivity contribution is 6.08. The lowest BCUT2D eigenvalue weighted by molar-refractivity contribution is -0.917. The molecule has 160 valence electrons. The van der Waals surface area contributed by atoms with Crippen LogP contribution in [0.15, 0.2) is 84.9 Å². The first-order valence-electron chi connectivity index (χ1n) is 11.3. The Bertz CT molecular complexity index is 1230. The molecular weight excluding hydrogens is 394 g/mol. The van der Waals surface area contributed by atoms with Gasteiger partial charge in [0.2, 0.25) is 0 Å². The lowest BCUT2D eigenvalue weighted by Crippen LogP contribution is -3.13. The van der Waals surface area contributed by atoms with Crippen molar-refractivity contribution in [3.8, 4) is 11.3 Å². The number of quaternary nitrogens is 1. The highest BCUT2D eigenvalue weighted by Gasteiger charge is 2.28. The molecule has 4 aromatic rings. The maximum atomic E-state index is 13.8. The second-order valence-electron chi connectivity index (χ2n) is 8.55. The summed E-state index contributed by atoms with van der Waals surface area (Å²) in [5.74, 6) is 0.122. The number of hydrogen-bond acceptors (Lipinski definition) is 2. The van der Waals surface area contributed by atoms with E-state index in [1.54, 1.807) is 0 Å². The monoisotopic (exact) mass is 422 g/mol. The van der Waals surface area contributed by atoms with Gasteiger partial charge in [-0.25, -0.2) is 4.98 Å². The summed E-state index contributed by atoms with van der Waals surface area (Å²) in [4.78, 5) is 22.2. The first-order valence-corrected chi connectivity index (χ1v) is 11.3. The molecule has 1 aliphatic heterocycles. The maximum absolute atomic E-state index is 13.8. The van der Waals surface area contributed by atoms with Crippen LogP contribution in [-0.4, -0.2) is 42.0 Å². The van der Waals surface area contributed by atoms with E-state index in [0.717, 1.165) is 66.0 Å². The highest BCUT2D eigenvalue weighted by Crippen LogP contribution is 2.30. The molecule has 4 heteroatoms. The predicted molar refractivity (Wildman–Crippen MR) is 129 cm³/mol. The molecule has 0 bridgehead atoms. The summed E-state index contributed by atoms with van der Waals surface area (Å²) in [6.07, 6.45) is 0. The van der Waals surface area contributed by atoms with E-state index in [0.29, 0.717) is 0 Å². The van der Waals surface area contributed by atoms with Crippen LogP contribution in [0.2, 0.25) is 0 Å². The molecule has 1 saturated heterocycles. The number of hydrogen-bond donors (Lipinski definition) is 1. The fourth-order valence-corrected chi connectivity index (χ4v) is 4.71. The van der Waals surface area contributed by atoms with Crippen LogP contribution < -0.4 is 4.90 Å². The fourth-order valence-electron chi connectivity index (χ4n) is 4.71. The van der Waals surface area contributed by atoms with Crippen molar-refractivity contribution in [2.75, 3.05) is 26.2 Å². The number of rotatable bonds is 4. The molecule has 1 fully saturated rings. The number of benzene rings is 3. The van der Waals surface area contributed by atoms with Crippen molar-refractivity contribution in [3.05, 3.63) is 102 Å². The van der Waals surface area contributed by atoms with Gasteiger partial charge in [-0.2, -0.15) is 0 Å². The molecule has 1 N–H and O–H groups in total. The molecule has 3 aromatic carbocycles. The second kappa shape index (κ2) is 8.93. The fraction of sp³-hybridized carbons (Fsp3) is 0.214. The first kappa shape index (κ1) is 20.4. The Hall–Kier alpha value is -3.50. The Morgan fingerprint density at radius 3 is 2.22 bits per heavy atom. The van der Waals surface area contributed by atoms with Gasteiger partial charge >= 0.3 is 0 Å². The molecule has 4 nitrogen and oxygen atoms in total. The summed E-state index contributed by atoms with van der Waals surface area (Å²) in [6, 6.07) is 28.8. The van der Waals surface area contributed by atoms with Crippen molar-refractivity contribution in [2.45, 2.75) is 13.5 Å². The van der Waals surface area contributed by atoms with E-state index in [1.165, 1.54) is 10.5 Å². The van der Waals surface area contributed by atoms with Crippen LogP contribution in [0.3, 0.4) is 0 Å². The third-order valence-corrected chi connectivity index (χ3v) is 6.45. The van der Waals surface area contributed by atoms with Gasteiger partial charge in [-0.05, 0) is 18.6 Å². The molecule has 0 atom stereocenters. The van der Waals surface area contributed by atoms with Crippen molar-refractivity contribution >= 4 is 16.8 Å². The molecular formula is C28H28N3O+. The molecule has 1 amide bonds. The van der Waals surface area contributed by atoms with E-state index in [1.807, 2.05) is 54.3 Å². The normalized spacial score (nSPS) is 14.6. The predicted octanol–water partition coefficient (Wildman–Crippen LogP) is 3.75. The molecule has 5 rings (SSSR count). The molecule has 0 radical (unpaired) electrons. The van der Waals surface area contributed by atoms with Gasteiger partial charge in [0.05, 0.1) is 43.0 Å². The van der Waals surface area contributed by atoms with E-state index in [2.05, 4.69) is 42.5 Å². The topological polar surface area (TPSA) is 37.6 Å². The third kappa shape index (κ3) is 4.02. The van der Waals surface area contributed by atoms with Crippen LogP contribution >= 0.6 is 0 Å². The molecule has 0 aliphatic carbocycles. The largest absolute Gasteiger partial charge is 0.328 e. The van der Waals surface area contributed by atoms with Gasteiger partial charge in [0, 0.05) is 16.5 Å². The standard InChI is InChI=1S/C28H27N3O/c1-21-26(24-14-8-9-15-25(24)29-27(21)23-12-6-3-7-13-23)28(32)31-18-16-30(17-19-31)20-22-10-4-2-5-11-22/h2-15H,16-20H2,1H3/p+1. The highest BCUT2D eigenvalue weighted by atomic mass is 16.2. The molecule has 1 aromatic heterocycles. The number of piperazine rings is 1. The Labute approximate surface area is 189 Å². The number of carbonyl (C=O) groups excluding carboxylic acids is 1. The summed E-state index contributed by atoms with van der Waals surface area (Å²) < 4.78 is 0. The molecule has 0 spiro atoms. The van der Waals surface area contributed by atoms with E-state index < -0.39 is 0 Å². The minimum Gasteiger partial charge on any atom is -0.328 e. The molecule has 0 unspecified atom stereocenters. The van der Waals surface area contributed by atoms with Crippen LogP contribution in [0.25, 0.3) is 22.2 Å². The average molecular weight is 423 g/mol. The van der Waals surface area contributed by atoms with Gasteiger partial charge < -0.3 is 9.80 Å². The van der Waals surface area contributed by atoms with Gasteiger partial charge in [-0.1, -0.05) is 78.9 Å². The smallest absolute Gasteiger partial charge is 0.255 e. The summed E-state index contributed by atoms with van der Waals surface area (Å²) in [5, 5.41) is 0.939. The second-order valence-corrected chi connectivity index (χ2v) is 8.55. The molecule has 2 heterocycles. The third-order valence-electron chi connectivity index (χ3n) is 6.45. The van der Waals surface area contributed by atoms with Crippen LogP contribution in [0.4, 0.5) is 0 Å². The minimum absolute atomic E-state index is 0.122. The number of para-hydroxylation sites is 1. The molecule has 1 aliphatic rings. The van der Waals surface area contributed by atoms with E-state index in [9.17, 15) is 4.79 Å². The Morgan fingerprint density at radius 1 is 0.875 bits per heavy atom. The first-order chi connectivity index (χ1) is 15.7. The Balaban J connectivity index is 1.43. The number of pyridine rings is 1. The van der Waals surface area contributed by atoms with Crippen molar-refractivity contribution in [1.29, 1.82) is 0 Å². The number of nitrogens with one attached hydrogen (secondary N) is 1. The average Bonchev–Trinajstić information content (AvgIpc) is 2.85. The van der Waals surface area contributed by atoms with Crippen LogP contribution in [0.5, 0.6) is 0 Å². The summed E-state index contributed by atoms with van der Waals surface area (Å²) >= 11 is 0. The minimum atomic E-state index is 0.122. The summed E-state index contributed by atoms with van der Waals surface area (Å²) in [6.45, 7) is 6.53. The molecule has 0 saturated carbocycles. The number of carbonyl (C=O) groups is 1. The van der Waals surface area contributed by atoms with Crippen molar-refractivity contribution < 1.29 is 9.69 Å². The number of fused-ring (bicyclic) bond motifs is 1. The van der Waals surface area contributed by atoms with E-state index in [-0.39, 0.29) is 5.91 Å².